The van der Waals surface area contributed by atoms with E-state index in [1.54, 1.807) is 35.4 Å². The van der Waals surface area contributed by atoms with Gasteiger partial charge in [0.05, 0.1) is 18.2 Å². The molecule has 6 heteroatoms. The quantitative estimate of drug-likeness (QED) is 0.704. The van der Waals surface area contributed by atoms with Crippen LogP contribution in [0.25, 0.3) is 0 Å². The highest BCUT2D eigenvalue weighted by atomic mass is 16.3. The van der Waals surface area contributed by atoms with Crippen molar-refractivity contribution in [2.45, 2.75) is 39.3 Å². The number of aryl methyl sites for hydroxylation is 1. The molecule has 1 aliphatic rings. The van der Waals surface area contributed by atoms with Crippen molar-refractivity contribution in [1.82, 2.24) is 19.4 Å². The summed E-state index contributed by atoms with van der Waals surface area (Å²) in [5.74, 6) is 0.730. The third kappa shape index (κ3) is 4.14. The van der Waals surface area contributed by atoms with Gasteiger partial charge >= 0.3 is 0 Å². The molecule has 0 saturated carbocycles. The molecule has 0 spiro atoms. The summed E-state index contributed by atoms with van der Waals surface area (Å²) in [6.07, 6.45) is 9.14. The van der Waals surface area contributed by atoms with Crippen LogP contribution in [0.5, 0.6) is 5.75 Å². The molecule has 0 aromatic carbocycles. The first kappa shape index (κ1) is 20.3. The van der Waals surface area contributed by atoms with E-state index in [1.165, 1.54) is 0 Å². The van der Waals surface area contributed by atoms with Gasteiger partial charge in [-0.25, -0.2) is 0 Å². The largest absolute Gasteiger partial charge is 0.507 e. The molecule has 4 heterocycles. The standard InChI is InChI=1S/C24H28N4O2/c1-17-7-12-27(13-8-17)23(20-5-10-25-11-6-20)22-21(29)14-18(2)28(24(22)30)16-19-4-3-9-26-15-19/h3-6,9-11,14-15,17,23,29H,7-8,12-13,16H2,1-2H3. The topological polar surface area (TPSA) is 71.2 Å². The Morgan fingerprint density at radius 1 is 1.13 bits per heavy atom. The summed E-state index contributed by atoms with van der Waals surface area (Å²) in [5.41, 5.74) is 2.93. The van der Waals surface area contributed by atoms with E-state index in [1.807, 2.05) is 31.2 Å². The maximum absolute atomic E-state index is 13.7. The van der Waals surface area contributed by atoms with Crippen molar-refractivity contribution < 1.29 is 5.11 Å². The monoisotopic (exact) mass is 404 g/mol. The number of aromatic hydroxyl groups is 1. The van der Waals surface area contributed by atoms with Gasteiger partial charge in [0, 0.05) is 30.5 Å². The van der Waals surface area contributed by atoms with Gasteiger partial charge in [0.25, 0.3) is 5.56 Å². The summed E-state index contributed by atoms with van der Waals surface area (Å²) in [6, 6.07) is 9.10. The van der Waals surface area contributed by atoms with E-state index in [0.29, 0.717) is 18.0 Å². The van der Waals surface area contributed by atoms with Crippen molar-refractivity contribution in [3.63, 3.8) is 0 Å². The van der Waals surface area contributed by atoms with E-state index >= 15 is 0 Å². The molecule has 3 aromatic heterocycles. The summed E-state index contributed by atoms with van der Waals surface area (Å²) in [4.78, 5) is 24.3. The summed E-state index contributed by atoms with van der Waals surface area (Å²) < 4.78 is 1.73. The second-order valence-electron chi connectivity index (χ2n) is 8.24. The Hall–Kier alpha value is -2.99. The fourth-order valence-electron chi connectivity index (χ4n) is 4.29. The average Bonchev–Trinajstić information content (AvgIpc) is 2.76. The number of hydrogen-bond acceptors (Lipinski definition) is 5. The van der Waals surface area contributed by atoms with E-state index in [4.69, 9.17) is 0 Å². The Labute approximate surface area is 176 Å². The molecular weight excluding hydrogens is 376 g/mol. The summed E-state index contributed by atoms with van der Waals surface area (Å²) in [6.45, 7) is 6.33. The predicted molar refractivity (Wildman–Crippen MR) is 116 cm³/mol. The number of hydrogen-bond donors (Lipinski definition) is 1. The zero-order valence-electron chi connectivity index (χ0n) is 17.5. The number of likely N-dealkylation sites (tertiary alicyclic amines) is 1. The highest BCUT2D eigenvalue weighted by molar-refractivity contribution is 5.41. The van der Waals surface area contributed by atoms with Crippen LogP contribution in [0.1, 0.15) is 48.2 Å². The van der Waals surface area contributed by atoms with Crippen LogP contribution in [0.2, 0.25) is 0 Å². The molecule has 6 nitrogen and oxygen atoms in total. The zero-order chi connectivity index (χ0) is 21.1. The molecule has 0 amide bonds. The molecule has 1 aliphatic heterocycles. The summed E-state index contributed by atoms with van der Waals surface area (Å²) >= 11 is 0. The van der Waals surface area contributed by atoms with Crippen molar-refractivity contribution in [2.24, 2.45) is 5.92 Å². The van der Waals surface area contributed by atoms with Gasteiger partial charge in [-0.05, 0) is 74.2 Å². The molecule has 0 bridgehead atoms. The number of aromatic nitrogens is 3. The number of rotatable bonds is 5. The smallest absolute Gasteiger partial charge is 0.259 e. The first-order chi connectivity index (χ1) is 14.5. The van der Waals surface area contributed by atoms with Crippen LogP contribution in [0, 0.1) is 12.8 Å². The number of nitrogens with zero attached hydrogens (tertiary/aromatic N) is 4. The number of pyridine rings is 3. The maximum atomic E-state index is 13.7. The Kier molecular flexibility index (Phi) is 5.95. The lowest BCUT2D eigenvalue weighted by Gasteiger charge is -2.37. The van der Waals surface area contributed by atoms with E-state index in [-0.39, 0.29) is 17.4 Å². The minimum atomic E-state index is -0.297. The van der Waals surface area contributed by atoms with Gasteiger partial charge in [-0.1, -0.05) is 13.0 Å². The van der Waals surface area contributed by atoms with E-state index in [0.717, 1.165) is 42.8 Å². The van der Waals surface area contributed by atoms with Crippen LogP contribution in [0.3, 0.4) is 0 Å². The van der Waals surface area contributed by atoms with Crippen LogP contribution in [-0.4, -0.2) is 37.6 Å². The molecule has 30 heavy (non-hydrogen) atoms. The van der Waals surface area contributed by atoms with E-state index in [2.05, 4.69) is 21.8 Å². The lowest BCUT2D eigenvalue weighted by molar-refractivity contribution is 0.154. The van der Waals surface area contributed by atoms with Crippen molar-refractivity contribution in [3.8, 4) is 5.75 Å². The van der Waals surface area contributed by atoms with Crippen molar-refractivity contribution in [1.29, 1.82) is 0 Å². The Morgan fingerprint density at radius 2 is 1.87 bits per heavy atom. The lowest BCUT2D eigenvalue weighted by Crippen LogP contribution is -2.40. The highest BCUT2D eigenvalue weighted by Crippen LogP contribution is 2.35. The van der Waals surface area contributed by atoms with Gasteiger partial charge < -0.3 is 9.67 Å². The van der Waals surface area contributed by atoms with Crippen LogP contribution in [-0.2, 0) is 6.54 Å². The van der Waals surface area contributed by atoms with Crippen molar-refractivity contribution in [3.05, 3.63) is 87.9 Å². The minimum Gasteiger partial charge on any atom is -0.507 e. The van der Waals surface area contributed by atoms with E-state index in [9.17, 15) is 9.90 Å². The molecular formula is C24H28N4O2. The van der Waals surface area contributed by atoms with Crippen LogP contribution in [0.15, 0.2) is 59.9 Å². The van der Waals surface area contributed by atoms with E-state index < -0.39 is 0 Å². The summed E-state index contributed by atoms with van der Waals surface area (Å²) in [5, 5.41) is 10.9. The molecule has 156 valence electrons. The van der Waals surface area contributed by atoms with Gasteiger partial charge in [0.15, 0.2) is 0 Å². The van der Waals surface area contributed by atoms with Gasteiger partial charge in [-0.3, -0.25) is 19.7 Å². The normalized spacial score (nSPS) is 16.5. The lowest BCUT2D eigenvalue weighted by atomic mass is 9.92. The molecule has 1 fully saturated rings. The maximum Gasteiger partial charge on any atom is 0.259 e. The SMILES string of the molecule is Cc1cc(O)c(C(c2ccncc2)N2CCC(C)CC2)c(=O)n1Cc1cccnc1. The summed E-state index contributed by atoms with van der Waals surface area (Å²) in [7, 11) is 0. The highest BCUT2D eigenvalue weighted by Gasteiger charge is 2.31. The Morgan fingerprint density at radius 3 is 2.53 bits per heavy atom. The van der Waals surface area contributed by atoms with Crippen molar-refractivity contribution in [2.75, 3.05) is 13.1 Å². The first-order valence-electron chi connectivity index (χ1n) is 10.5. The van der Waals surface area contributed by atoms with Gasteiger partial charge in [0.1, 0.15) is 5.75 Å². The third-order valence-electron chi connectivity index (χ3n) is 6.07. The fraction of sp³-hybridized carbons (Fsp3) is 0.375. The Balaban J connectivity index is 1.82. The van der Waals surface area contributed by atoms with Crippen molar-refractivity contribution >= 4 is 0 Å². The van der Waals surface area contributed by atoms with Crippen LogP contribution >= 0.6 is 0 Å². The molecule has 1 saturated heterocycles. The molecule has 3 aromatic rings. The molecule has 1 unspecified atom stereocenters. The predicted octanol–water partition coefficient (Wildman–Crippen LogP) is 3.52. The van der Waals surface area contributed by atoms with Gasteiger partial charge in [-0.15, -0.1) is 0 Å². The molecule has 1 N–H and O–H groups in total. The Bertz CT molecular complexity index is 1040. The van der Waals surface area contributed by atoms with Crippen LogP contribution in [0.4, 0.5) is 0 Å². The second-order valence-corrected chi connectivity index (χ2v) is 8.24. The zero-order valence-corrected chi connectivity index (χ0v) is 17.5. The average molecular weight is 405 g/mol. The van der Waals surface area contributed by atoms with Gasteiger partial charge in [0.2, 0.25) is 0 Å². The van der Waals surface area contributed by atoms with Gasteiger partial charge in [-0.2, -0.15) is 0 Å². The second kappa shape index (κ2) is 8.79. The molecule has 4 rings (SSSR count). The first-order valence-corrected chi connectivity index (χ1v) is 10.5. The fourth-order valence-corrected chi connectivity index (χ4v) is 4.29. The van der Waals surface area contributed by atoms with Crippen LogP contribution < -0.4 is 5.56 Å². The third-order valence-corrected chi connectivity index (χ3v) is 6.07. The minimum absolute atomic E-state index is 0.0559. The molecule has 0 aliphatic carbocycles. The molecule has 1 atom stereocenters. The number of piperidine rings is 1. The molecule has 0 radical (unpaired) electrons.